The SMILES string of the molecule is [CH2]C(CCc1cccc(C)c1)c1ccc(C)cc1. The third-order valence-corrected chi connectivity index (χ3v) is 3.41. The van der Waals surface area contributed by atoms with Crippen molar-refractivity contribution in [3.8, 4) is 0 Å². The fraction of sp³-hybridized carbons (Fsp3) is 0.278. The van der Waals surface area contributed by atoms with E-state index in [4.69, 9.17) is 0 Å². The second-order valence-corrected chi connectivity index (χ2v) is 5.14. The van der Waals surface area contributed by atoms with E-state index >= 15 is 0 Å². The van der Waals surface area contributed by atoms with Crippen molar-refractivity contribution in [2.24, 2.45) is 0 Å². The van der Waals surface area contributed by atoms with E-state index in [9.17, 15) is 0 Å². The maximum atomic E-state index is 4.28. The lowest BCUT2D eigenvalue weighted by molar-refractivity contribution is 0.732. The topological polar surface area (TPSA) is 0 Å². The Morgan fingerprint density at radius 1 is 0.944 bits per heavy atom. The molecule has 2 aromatic rings. The zero-order chi connectivity index (χ0) is 13.0. The van der Waals surface area contributed by atoms with Crippen LogP contribution in [0.2, 0.25) is 0 Å². The summed E-state index contributed by atoms with van der Waals surface area (Å²) in [5.74, 6) is 0.381. The summed E-state index contributed by atoms with van der Waals surface area (Å²) < 4.78 is 0. The third kappa shape index (κ3) is 3.46. The molecule has 0 heterocycles. The monoisotopic (exact) mass is 237 g/mol. The fourth-order valence-electron chi connectivity index (χ4n) is 2.21. The highest BCUT2D eigenvalue weighted by Crippen LogP contribution is 2.21. The zero-order valence-electron chi connectivity index (χ0n) is 11.3. The smallest absolute Gasteiger partial charge is 0.0159 e. The Kier molecular flexibility index (Phi) is 4.19. The van der Waals surface area contributed by atoms with E-state index in [2.05, 4.69) is 69.3 Å². The molecule has 1 radical (unpaired) electrons. The van der Waals surface area contributed by atoms with Gasteiger partial charge in [0, 0.05) is 0 Å². The predicted molar refractivity (Wildman–Crippen MR) is 78.8 cm³/mol. The minimum absolute atomic E-state index is 0.381. The summed E-state index contributed by atoms with van der Waals surface area (Å²) in [5, 5.41) is 0. The van der Waals surface area contributed by atoms with Gasteiger partial charge in [0.15, 0.2) is 0 Å². The number of hydrogen-bond donors (Lipinski definition) is 0. The van der Waals surface area contributed by atoms with Crippen molar-refractivity contribution in [3.05, 3.63) is 77.7 Å². The molecule has 0 nitrogen and oxygen atoms in total. The quantitative estimate of drug-likeness (QED) is 0.712. The van der Waals surface area contributed by atoms with E-state index in [-0.39, 0.29) is 0 Å². The van der Waals surface area contributed by atoms with Gasteiger partial charge in [-0.05, 0) is 50.7 Å². The second-order valence-electron chi connectivity index (χ2n) is 5.14. The summed E-state index contributed by atoms with van der Waals surface area (Å²) in [6, 6.07) is 17.5. The first-order valence-corrected chi connectivity index (χ1v) is 6.60. The molecule has 0 saturated carbocycles. The standard InChI is InChI=1S/C18H21/c1-14-7-11-18(12-8-14)16(3)9-10-17-6-4-5-15(2)13-17/h4-8,11-13,16H,3,9-10H2,1-2H3. The molecule has 18 heavy (non-hydrogen) atoms. The van der Waals surface area contributed by atoms with Crippen molar-refractivity contribution in [2.75, 3.05) is 0 Å². The van der Waals surface area contributed by atoms with Gasteiger partial charge >= 0.3 is 0 Å². The average molecular weight is 237 g/mol. The summed E-state index contributed by atoms with van der Waals surface area (Å²) in [5.41, 5.74) is 5.40. The van der Waals surface area contributed by atoms with Gasteiger partial charge in [0.05, 0.1) is 0 Å². The Bertz CT molecular complexity index is 494. The van der Waals surface area contributed by atoms with Crippen molar-refractivity contribution >= 4 is 0 Å². The van der Waals surface area contributed by atoms with E-state index < -0.39 is 0 Å². The van der Waals surface area contributed by atoms with Gasteiger partial charge in [-0.1, -0.05) is 59.7 Å². The maximum absolute atomic E-state index is 4.28. The maximum Gasteiger partial charge on any atom is -0.0159 e. The fourth-order valence-corrected chi connectivity index (χ4v) is 2.21. The minimum atomic E-state index is 0.381. The van der Waals surface area contributed by atoms with Gasteiger partial charge in [-0.25, -0.2) is 0 Å². The molecule has 0 bridgehead atoms. The first kappa shape index (κ1) is 12.9. The molecule has 0 aliphatic heterocycles. The Balaban J connectivity index is 1.96. The van der Waals surface area contributed by atoms with Gasteiger partial charge in [-0.15, -0.1) is 0 Å². The van der Waals surface area contributed by atoms with Crippen LogP contribution in [0.1, 0.15) is 34.6 Å². The lowest BCUT2D eigenvalue weighted by atomic mass is 9.93. The zero-order valence-corrected chi connectivity index (χ0v) is 11.3. The van der Waals surface area contributed by atoms with E-state index in [1.54, 1.807) is 0 Å². The van der Waals surface area contributed by atoms with Crippen LogP contribution < -0.4 is 0 Å². The first-order valence-electron chi connectivity index (χ1n) is 6.60. The molecule has 93 valence electrons. The summed E-state index contributed by atoms with van der Waals surface area (Å²) in [7, 11) is 0. The summed E-state index contributed by atoms with van der Waals surface area (Å²) in [4.78, 5) is 0. The van der Waals surface area contributed by atoms with Crippen LogP contribution in [0.3, 0.4) is 0 Å². The predicted octanol–water partition coefficient (Wildman–Crippen LogP) is 4.85. The van der Waals surface area contributed by atoms with Crippen LogP contribution >= 0.6 is 0 Å². The first-order chi connectivity index (χ1) is 8.65. The molecule has 0 aliphatic carbocycles. The van der Waals surface area contributed by atoms with E-state index in [0.717, 1.165) is 12.8 Å². The Labute approximate surface area is 111 Å². The molecular weight excluding hydrogens is 216 g/mol. The summed E-state index contributed by atoms with van der Waals surface area (Å²) in [6.07, 6.45) is 2.20. The van der Waals surface area contributed by atoms with Gasteiger partial charge in [0.1, 0.15) is 0 Å². The van der Waals surface area contributed by atoms with Crippen molar-refractivity contribution in [2.45, 2.75) is 32.6 Å². The molecule has 1 atom stereocenters. The lowest BCUT2D eigenvalue weighted by Gasteiger charge is -2.12. The van der Waals surface area contributed by atoms with Gasteiger partial charge in [0.2, 0.25) is 0 Å². The average Bonchev–Trinajstić information content (AvgIpc) is 2.37. The molecule has 0 N–H and O–H groups in total. The highest BCUT2D eigenvalue weighted by Gasteiger charge is 2.05. The highest BCUT2D eigenvalue weighted by atomic mass is 14.1. The normalized spacial score (nSPS) is 12.4. The van der Waals surface area contributed by atoms with Gasteiger partial charge in [-0.3, -0.25) is 0 Å². The van der Waals surface area contributed by atoms with Crippen molar-refractivity contribution in [1.29, 1.82) is 0 Å². The third-order valence-electron chi connectivity index (χ3n) is 3.41. The molecule has 0 saturated heterocycles. The van der Waals surface area contributed by atoms with Crippen molar-refractivity contribution in [1.82, 2.24) is 0 Å². The molecule has 0 aromatic heterocycles. The largest absolute Gasteiger partial charge is 0.0617 e. The summed E-state index contributed by atoms with van der Waals surface area (Å²) in [6.45, 7) is 8.54. The Hall–Kier alpha value is -1.56. The van der Waals surface area contributed by atoms with E-state index in [0.29, 0.717) is 5.92 Å². The molecule has 0 fully saturated rings. The highest BCUT2D eigenvalue weighted by molar-refractivity contribution is 5.26. The number of hydrogen-bond acceptors (Lipinski definition) is 0. The second kappa shape index (κ2) is 5.86. The van der Waals surface area contributed by atoms with E-state index in [1.807, 2.05) is 0 Å². The summed E-state index contributed by atoms with van der Waals surface area (Å²) >= 11 is 0. The molecule has 0 amide bonds. The molecule has 0 spiro atoms. The van der Waals surface area contributed by atoms with Gasteiger partial charge in [-0.2, -0.15) is 0 Å². The lowest BCUT2D eigenvalue weighted by Crippen LogP contribution is -1.97. The number of aryl methyl sites for hydroxylation is 3. The number of rotatable bonds is 4. The van der Waals surface area contributed by atoms with Gasteiger partial charge < -0.3 is 0 Å². The molecule has 2 aromatic carbocycles. The van der Waals surface area contributed by atoms with Crippen LogP contribution in [-0.2, 0) is 6.42 Å². The van der Waals surface area contributed by atoms with Crippen molar-refractivity contribution in [3.63, 3.8) is 0 Å². The van der Waals surface area contributed by atoms with Crippen LogP contribution in [0.25, 0.3) is 0 Å². The van der Waals surface area contributed by atoms with Crippen LogP contribution in [0, 0.1) is 20.8 Å². The molecular formula is C18H21. The van der Waals surface area contributed by atoms with Crippen LogP contribution in [0.4, 0.5) is 0 Å². The molecule has 2 rings (SSSR count). The number of benzene rings is 2. The minimum Gasteiger partial charge on any atom is -0.0617 e. The molecule has 0 heteroatoms. The van der Waals surface area contributed by atoms with Crippen LogP contribution in [0.15, 0.2) is 48.5 Å². The van der Waals surface area contributed by atoms with Gasteiger partial charge in [0.25, 0.3) is 0 Å². The Morgan fingerprint density at radius 2 is 1.67 bits per heavy atom. The van der Waals surface area contributed by atoms with Crippen LogP contribution in [0.5, 0.6) is 0 Å². The van der Waals surface area contributed by atoms with Crippen LogP contribution in [-0.4, -0.2) is 0 Å². The molecule has 0 aliphatic rings. The Morgan fingerprint density at radius 3 is 2.33 bits per heavy atom. The van der Waals surface area contributed by atoms with E-state index in [1.165, 1.54) is 22.3 Å². The van der Waals surface area contributed by atoms with Crippen molar-refractivity contribution < 1.29 is 0 Å². The molecule has 1 unspecified atom stereocenters.